The standard InChI is InChI=1S/C20H22N4O2S/c1-12-13(2)23-24(14(12)3)8-7-22-20(26)16-6-4-5-15(9-16)17-10-18(19(21)25)27-11-17/h4-6,9-11H,7-8H2,1-3H3,(H2,21,25)(H,22,26). The molecule has 0 atom stereocenters. The van der Waals surface area contributed by atoms with E-state index in [0.29, 0.717) is 23.5 Å². The zero-order chi connectivity index (χ0) is 19.6. The van der Waals surface area contributed by atoms with Crippen LogP contribution in [0.3, 0.4) is 0 Å². The van der Waals surface area contributed by atoms with Crippen LogP contribution in [0.4, 0.5) is 0 Å². The predicted molar refractivity (Wildman–Crippen MR) is 107 cm³/mol. The molecule has 0 spiro atoms. The highest BCUT2D eigenvalue weighted by Crippen LogP contribution is 2.26. The number of carbonyl (C=O) groups excluding carboxylic acids is 2. The van der Waals surface area contributed by atoms with Crippen LogP contribution >= 0.6 is 11.3 Å². The average Bonchev–Trinajstić information content (AvgIpc) is 3.24. The molecule has 0 bridgehead atoms. The van der Waals surface area contributed by atoms with Gasteiger partial charge in [0.25, 0.3) is 11.8 Å². The van der Waals surface area contributed by atoms with Crippen LogP contribution in [-0.2, 0) is 6.54 Å². The van der Waals surface area contributed by atoms with E-state index in [4.69, 9.17) is 5.73 Å². The SMILES string of the molecule is Cc1nn(CCNC(=O)c2cccc(-c3csc(C(N)=O)c3)c2)c(C)c1C. The largest absolute Gasteiger partial charge is 0.365 e. The Morgan fingerprint density at radius 2 is 1.96 bits per heavy atom. The minimum Gasteiger partial charge on any atom is -0.365 e. The van der Waals surface area contributed by atoms with E-state index in [1.165, 1.54) is 16.9 Å². The quantitative estimate of drug-likeness (QED) is 0.686. The Balaban J connectivity index is 1.66. The second-order valence-corrected chi connectivity index (χ2v) is 7.33. The number of thiophene rings is 1. The molecular formula is C20H22N4O2S. The number of benzene rings is 1. The molecule has 0 unspecified atom stereocenters. The van der Waals surface area contributed by atoms with Crippen LogP contribution in [0.5, 0.6) is 0 Å². The second kappa shape index (κ2) is 7.75. The summed E-state index contributed by atoms with van der Waals surface area (Å²) in [5.41, 5.74) is 10.9. The van der Waals surface area contributed by atoms with Crippen LogP contribution in [0.1, 0.15) is 37.0 Å². The first-order valence-electron chi connectivity index (χ1n) is 8.64. The number of nitrogens with zero attached hydrogens (tertiary/aromatic N) is 2. The Labute approximate surface area is 162 Å². The summed E-state index contributed by atoms with van der Waals surface area (Å²) in [4.78, 5) is 24.2. The van der Waals surface area contributed by atoms with Gasteiger partial charge >= 0.3 is 0 Å². The number of hydrogen-bond donors (Lipinski definition) is 2. The first-order valence-corrected chi connectivity index (χ1v) is 9.52. The van der Waals surface area contributed by atoms with E-state index in [1.807, 2.05) is 49.0 Å². The van der Waals surface area contributed by atoms with Gasteiger partial charge in [-0.3, -0.25) is 14.3 Å². The molecular weight excluding hydrogens is 360 g/mol. The van der Waals surface area contributed by atoms with Crippen molar-refractivity contribution >= 4 is 23.2 Å². The van der Waals surface area contributed by atoms with E-state index >= 15 is 0 Å². The van der Waals surface area contributed by atoms with Gasteiger partial charge in [0.2, 0.25) is 0 Å². The number of rotatable bonds is 6. The zero-order valence-electron chi connectivity index (χ0n) is 15.6. The lowest BCUT2D eigenvalue weighted by Gasteiger charge is -2.08. The maximum Gasteiger partial charge on any atom is 0.258 e. The molecule has 1 aromatic carbocycles. The summed E-state index contributed by atoms with van der Waals surface area (Å²) in [6, 6.07) is 9.07. The third-order valence-electron chi connectivity index (χ3n) is 4.65. The van der Waals surface area contributed by atoms with Gasteiger partial charge in [-0.25, -0.2) is 0 Å². The van der Waals surface area contributed by atoms with Gasteiger partial charge in [0.15, 0.2) is 0 Å². The van der Waals surface area contributed by atoms with E-state index in [0.717, 1.165) is 22.5 Å². The summed E-state index contributed by atoms with van der Waals surface area (Å²) in [6.07, 6.45) is 0. The van der Waals surface area contributed by atoms with Gasteiger partial charge in [-0.15, -0.1) is 11.3 Å². The van der Waals surface area contributed by atoms with Crippen LogP contribution in [0.2, 0.25) is 0 Å². The van der Waals surface area contributed by atoms with Gasteiger partial charge in [-0.1, -0.05) is 12.1 Å². The fraction of sp³-hybridized carbons (Fsp3) is 0.250. The second-order valence-electron chi connectivity index (χ2n) is 6.42. The van der Waals surface area contributed by atoms with Crippen LogP contribution in [0.15, 0.2) is 35.7 Å². The molecule has 3 N–H and O–H groups in total. The van der Waals surface area contributed by atoms with Crippen molar-refractivity contribution in [2.75, 3.05) is 6.54 Å². The van der Waals surface area contributed by atoms with E-state index in [1.54, 1.807) is 12.1 Å². The minimum absolute atomic E-state index is 0.138. The van der Waals surface area contributed by atoms with Gasteiger partial charge in [0.1, 0.15) is 0 Å². The van der Waals surface area contributed by atoms with E-state index < -0.39 is 5.91 Å². The van der Waals surface area contributed by atoms with Gasteiger partial charge < -0.3 is 11.1 Å². The number of carbonyl (C=O) groups is 2. The van der Waals surface area contributed by atoms with Crippen molar-refractivity contribution < 1.29 is 9.59 Å². The van der Waals surface area contributed by atoms with Crippen LogP contribution < -0.4 is 11.1 Å². The molecule has 3 aromatic rings. The Morgan fingerprint density at radius 1 is 1.19 bits per heavy atom. The van der Waals surface area contributed by atoms with Crippen molar-refractivity contribution in [2.24, 2.45) is 5.73 Å². The molecule has 2 aromatic heterocycles. The first-order chi connectivity index (χ1) is 12.9. The van der Waals surface area contributed by atoms with Crippen molar-refractivity contribution in [3.8, 4) is 11.1 Å². The van der Waals surface area contributed by atoms with Gasteiger partial charge in [-0.2, -0.15) is 5.10 Å². The van der Waals surface area contributed by atoms with Gasteiger partial charge in [0.05, 0.1) is 17.1 Å². The lowest BCUT2D eigenvalue weighted by Crippen LogP contribution is -2.27. The number of aryl methyl sites for hydroxylation is 1. The molecule has 0 fully saturated rings. The number of aromatic nitrogens is 2. The molecule has 6 nitrogen and oxygen atoms in total. The number of hydrogen-bond acceptors (Lipinski definition) is 4. The molecule has 3 rings (SSSR count). The Bertz CT molecular complexity index is 1000. The van der Waals surface area contributed by atoms with E-state index in [9.17, 15) is 9.59 Å². The smallest absolute Gasteiger partial charge is 0.258 e. The highest BCUT2D eigenvalue weighted by Gasteiger charge is 2.11. The highest BCUT2D eigenvalue weighted by molar-refractivity contribution is 7.12. The molecule has 0 radical (unpaired) electrons. The Hall–Kier alpha value is -2.93. The molecule has 2 amide bonds. The number of nitrogens with two attached hydrogens (primary N) is 1. The van der Waals surface area contributed by atoms with E-state index in [-0.39, 0.29) is 5.91 Å². The normalized spacial score (nSPS) is 10.8. The Morgan fingerprint density at radius 3 is 2.59 bits per heavy atom. The maximum atomic E-state index is 12.5. The molecule has 140 valence electrons. The third kappa shape index (κ3) is 4.09. The highest BCUT2D eigenvalue weighted by atomic mass is 32.1. The third-order valence-corrected chi connectivity index (χ3v) is 5.60. The zero-order valence-corrected chi connectivity index (χ0v) is 16.4. The number of primary amides is 1. The van der Waals surface area contributed by atoms with Crippen molar-refractivity contribution in [1.29, 1.82) is 0 Å². The minimum atomic E-state index is -0.445. The van der Waals surface area contributed by atoms with Crippen molar-refractivity contribution in [2.45, 2.75) is 27.3 Å². The fourth-order valence-corrected chi connectivity index (χ4v) is 3.61. The average molecular weight is 382 g/mol. The van der Waals surface area contributed by atoms with Crippen LogP contribution in [-0.4, -0.2) is 28.1 Å². The van der Waals surface area contributed by atoms with Crippen molar-refractivity contribution in [3.05, 3.63) is 63.1 Å². The number of nitrogens with one attached hydrogen (secondary N) is 1. The Kier molecular flexibility index (Phi) is 5.41. The molecule has 27 heavy (non-hydrogen) atoms. The van der Waals surface area contributed by atoms with Gasteiger partial charge in [0, 0.05) is 17.8 Å². The summed E-state index contributed by atoms with van der Waals surface area (Å²) in [5, 5.41) is 9.28. The molecule has 0 aliphatic carbocycles. The fourth-order valence-electron chi connectivity index (χ4n) is 2.84. The molecule has 0 saturated carbocycles. The van der Waals surface area contributed by atoms with E-state index in [2.05, 4.69) is 10.4 Å². The van der Waals surface area contributed by atoms with Crippen LogP contribution in [0, 0.1) is 20.8 Å². The summed E-state index contributed by atoms with van der Waals surface area (Å²) >= 11 is 1.30. The molecule has 0 saturated heterocycles. The topological polar surface area (TPSA) is 90.0 Å². The van der Waals surface area contributed by atoms with Gasteiger partial charge in [-0.05, 0) is 61.0 Å². The number of amides is 2. The molecule has 0 aliphatic heterocycles. The van der Waals surface area contributed by atoms with Crippen LogP contribution in [0.25, 0.3) is 11.1 Å². The molecule has 2 heterocycles. The molecule has 0 aliphatic rings. The van der Waals surface area contributed by atoms with Crippen molar-refractivity contribution in [1.82, 2.24) is 15.1 Å². The summed E-state index contributed by atoms with van der Waals surface area (Å²) in [7, 11) is 0. The predicted octanol–water partition coefficient (Wildman–Crippen LogP) is 3.07. The maximum absolute atomic E-state index is 12.5. The lowest BCUT2D eigenvalue weighted by molar-refractivity contribution is 0.0950. The summed E-state index contributed by atoms with van der Waals surface area (Å²) in [6.45, 7) is 7.18. The lowest BCUT2D eigenvalue weighted by atomic mass is 10.1. The first kappa shape index (κ1) is 18.8. The molecule has 7 heteroatoms. The monoisotopic (exact) mass is 382 g/mol. The summed E-state index contributed by atoms with van der Waals surface area (Å²) in [5.74, 6) is -0.583. The summed E-state index contributed by atoms with van der Waals surface area (Å²) < 4.78 is 1.91. The van der Waals surface area contributed by atoms with Crippen molar-refractivity contribution in [3.63, 3.8) is 0 Å².